The van der Waals surface area contributed by atoms with Gasteiger partial charge in [-0.2, -0.15) is 0 Å². The van der Waals surface area contributed by atoms with Crippen molar-refractivity contribution in [1.82, 2.24) is 0 Å². The van der Waals surface area contributed by atoms with E-state index in [9.17, 15) is 4.79 Å². The van der Waals surface area contributed by atoms with Gasteiger partial charge in [0, 0.05) is 6.42 Å². The Morgan fingerprint density at radius 2 is 2.08 bits per heavy atom. The molecular formula is C10H16O2. The third kappa shape index (κ3) is 1.35. The minimum atomic E-state index is 0.0191. The van der Waals surface area contributed by atoms with Gasteiger partial charge in [-0.15, -0.1) is 0 Å². The molecule has 1 aliphatic heterocycles. The molecule has 68 valence electrons. The third-order valence-electron chi connectivity index (χ3n) is 3.26. The van der Waals surface area contributed by atoms with Gasteiger partial charge in [0.1, 0.15) is 6.10 Å². The van der Waals surface area contributed by atoms with E-state index in [-0.39, 0.29) is 12.1 Å². The topological polar surface area (TPSA) is 26.3 Å². The van der Waals surface area contributed by atoms with Crippen LogP contribution in [-0.2, 0) is 9.53 Å². The molecule has 0 aromatic heterocycles. The summed E-state index contributed by atoms with van der Waals surface area (Å²) < 4.78 is 5.32. The number of hydrogen-bond acceptors (Lipinski definition) is 2. The van der Waals surface area contributed by atoms with Crippen LogP contribution in [0.25, 0.3) is 0 Å². The highest BCUT2D eigenvalue weighted by molar-refractivity contribution is 5.70. The highest BCUT2D eigenvalue weighted by Gasteiger charge is 2.37. The molecule has 3 atom stereocenters. The molecule has 2 rings (SSSR count). The first-order chi connectivity index (χ1) is 5.77. The fourth-order valence-corrected chi connectivity index (χ4v) is 2.55. The second kappa shape index (κ2) is 3.08. The van der Waals surface area contributed by atoms with Crippen molar-refractivity contribution in [2.75, 3.05) is 0 Å². The lowest BCUT2D eigenvalue weighted by atomic mass is 9.76. The highest BCUT2D eigenvalue weighted by Crippen LogP contribution is 2.37. The van der Waals surface area contributed by atoms with Crippen molar-refractivity contribution in [2.24, 2.45) is 11.8 Å². The predicted octanol–water partition coefficient (Wildman–Crippen LogP) is 2.13. The maximum Gasteiger partial charge on any atom is 0.306 e. The van der Waals surface area contributed by atoms with E-state index in [1.54, 1.807) is 0 Å². The van der Waals surface area contributed by atoms with E-state index in [0.29, 0.717) is 18.3 Å². The number of hydrogen-bond donors (Lipinski definition) is 0. The molecule has 1 aliphatic carbocycles. The zero-order valence-electron chi connectivity index (χ0n) is 7.58. The minimum Gasteiger partial charge on any atom is -0.462 e. The molecule has 0 aromatic carbocycles. The standard InChI is InChI=1S/C10H16O2/c1-7-6-10(11)12-9-5-3-2-4-8(7)9/h7-9H,2-6H2,1H3. The largest absolute Gasteiger partial charge is 0.462 e. The summed E-state index contributed by atoms with van der Waals surface area (Å²) in [6.45, 7) is 2.18. The summed E-state index contributed by atoms with van der Waals surface area (Å²) in [6, 6.07) is 0. The molecule has 1 heterocycles. The molecule has 0 aromatic rings. The number of fused-ring (bicyclic) bond motifs is 1. The SMILES string of the molecule is CC1CC(=O)OC2CCCCC12. The van der Waals surface area contributed by atoms with Crippen molar-refractivity contribution in [2.45, 2.75) is 45.1 Å². The van der Waals surface area contributed by atoms with E-state index >= 15 is 0 Å². The Morgan fingerprint density at radius 3 is 2.92 bits per heavy atom. The highest BCUT2D eigenvalue weighted by atomic mass is 16.5. The Hall–Kier alpha value is -0.530. The molecule has 2 nitrogen and oxygen atoms in total. The Morgan fingerprint density at radius 1 is 1.33 bits per heavy atom. The molecular weight excluding hydrogens is 152 g/mol. The van der Waals surface area contributed by atoms with Crippen molar-refractivity contribution in [3.05, 3.63) is 0 Å². The Kier molecular flexibility index (Phi) is 2.07. The molecule has 12 heavy (non-hydrogen) atoms. The molecule has 3 unspecified atom stereocenters. The van der Waals surface area contributed by atoms with Crippen LogP contribution < -0.4 is 0 Å². The lowest BCUT2D eigenvalue weighted by Crippen LogP contribution is -2.39. The summed E-state index contributed by atoms with van der Waals surface area (Å²) in [5.41, 5.74) is 0. The number of ether oxygens (including phenoxy) is 1. The molecule has 0 N–H and O–H groups in total. The summed E-state index contributed by atoms with van der Waals surface area (Å²) in [4.78, 5) is 11.1. The summed E-state index contributed by atoms with van der Waals surface area (Å²) in [5.74, 6) is 1.23. The monoisotopic (exact) mass is 168 g/mol. The van der Waals surface area contributed by atoms with Gasteiger partial charge in [-0.3, -0.25) is 4.79 Å². The average Bonchev–Trinajstić information content (AvgIpc) is 2.04. The number of rotatable bonds is 0. The van der Waals surface area contributed by atoms with Crippen molar-refractivity contribution >= 4 is 5.97 Å². The molecule has 1 saturated carbocycles. The summed E-state index contributed by atoms with van der Waals surface area (Å²) >= 11 is 0. The van der Waals surface area contributed by atoms with Crippen LogP contribution in [0.4, 0.5) is 0 Å². The van der Waals surface area contributed by atoms with Gasteiger partial charge in [-0.05, 0) is 31.1 Å². The Bertz CT molecular complexity index is 188. The van der Waals surface area contributed by atoms with Gasteiger partial charge in [0.15, 0.2) is 0 Å². The van der Waals surface area contributed by atoms with E-state index in [1.165, 1.54) is 19.3 Å². The predicted molar refractivity (Wildman–Crippen MR) is 45.6 cm³/mol. The first-order valence-electron chi connectivity index (χ1n) is 4.97. The zero-order valence-corrected chi connectivity index (χ0v) is 7.58. The molecule has 1 saturated heterocycles. The van der Waals surface area contributed by atoms with E-state index in [1.807, 2.05) is 0 Å². The van der Waals surface area contributed by atoms with Gasteiger partial charge >= 0.3 is 5.97 Å². The fraction of sp³-hybridized carbons (Fsp3) is 0.900. The molecule has 0 spiro atoms. The maximum atomic E-state index is 11.1. The molecule has 0 amide bonds. The number of carbonyl (C=O) groups is 1. The smallest absolute Gasteiger partial charge is 0.306 e. The molecule has 2 aliphatic rings. The fourth-order valence-electron chi connectivity index (χ4n) is 2.55. The van der Waals surface area contributed by atoms with Crippen LogP contribution in [0.3, 0.4) is 0 Å². The van der Waals surface area contributed by atoms with Gasteiger partial charge in [-0.25, -0.2) is 0 Å². The Balaban J connectivity index is 2.06. The molecule has 2 heteroatoms. The molecule has 2 fully saturated rings. The minimum absolute atomic E-state index is 0.0191. The molecule has 0 radical (unpaired) electrons. The first kappa shape index (κ1) is 8.09. The van der Waals surface area contributed by atoms with E-state index in [2.05, 4.69) is 6.92 Å². The van der Waals surface area contributed by atoms with Crippen molar-refractivity contribution < 1.29 is 9.53 Å². The second-order valence-corrected chi connectivity index (χ2v) is 4.16. The van der Waals surface area contributed by atoms with E-state index < -0.39 is 0 Å². The normalized spacial score (nSPS) is 41.8. The van der Waals surface area contributed by atoms with Gasteiger partial charge in [0.25, 0.3) is 0 Å². The van der Waals surface area contributed by atoms with E-state index in [0.717, 1.165) is 6.42 Å². The number of carbonyl (C=O) groups excluding carboxylic acids is 1. The van der Waals surface area contributed by atoms with E-state index in [4.69, 9.17) is 4.74 Å². The van der Waals surface area contributed by atoms with Crippen LogP contribution in [0.1, 0.15) is 39.0 Å². The second-order valence-electron chi connectivity index (χ2n) is 4.16. The van der Waals surface area contributed by atoms with Crippen molar-refractivity contribution in [3.8, 4) is 0 Å². The van der Waals surface area contributed by atoms with Gasteiger partial charge in [0.05, 0.1) is 0 Å². The quantitative estimate of drug-likeness (QED) is 0.518. The first-order valence-corrected chi connectivity index (χ1v) is 4.97. The van der Waals surface area contributed by atoms with Crippen LogP contribution in [0.2, 0.25) is 0 Å². The van der Waals surface area contributed by atoms with Crippen LogP contribution >= 0.6 is 0 Å². The summed E-state index contributed by atoms with van der Waals surface area (Å²) in [7, 11) is 0. The Labute approximate surface area is 73.3 Å². The van der Waals surface area contributed by atoms with Crippen LogP contribution in [0.5, 0.6) is 0 Å². The van der Waals surface area contributed by atoms with Gasteiger partial charge in [-0.1, -0.05) is 13.3 Å². The summed E-state index contributed by atoms with van der Waals surface area (Å²) in [5, 5.41) is 0. The molecule has 0 bridgehead atoms. The van der Waals surface area contributed by atoms with Gasteiger partial charge in [0.2, 0.25) is 0 Å². The lowest BCUT2D eigenvalue weighted by molar-refractivity contribution is -0.165. The van der Waals surface area contributed by atoms with Crippen molar-refractivity contribution in [3.63, 3.8) is 0 Å². The van der Waals surface area contributed by atoms with Gasteiger partial charge < -0.3 is 4.74 Å². The average molecular weight is 168 g/mol. The maximum absolute atomic E-state index is 11.1. The lowest BCUT2D eigenvalue weighted by Gasteiger charge is -2.38. The van der Waals surface area contributed by atoms with Crippen molar-refractivity contribution in [1.29, 1.82) is 0 Å². The van der Waals surface area contributed by atoms with Crippen LogP contribution in [-0.4, -0.2) is 12.1 Å². The summed E-state index contributed by atoms with van der Waals surface area (Å²) in [6.07, 6.45) is 5.82. The van der Waals surface area contributed by atoms with Crippen LogP contribution in [0, 0.1) is 11.8 Å². The number of esters is 1. The third-order valence-corrected chi connectivity index (χ3v) is 3.26. The zero-order chi connectivity index (χ0) is 8.55. The van der Waals surface area contributed by atoms with Crippen LogP contribution in [0.15, 0.2) is 0 Å².